The number of anilines is 1. The van der Waals surface area contributed by atoms with Gasteiger partial charge in [-0.3, -0.25) is 13.9 Å². The first kappa shape index (κ1) is 30.4. The van der Waals surface area contributed by atoms with Gasteiger partial charge in [0.25, 0.3) is 0 Å². The van der Waals surface area contributed by atoms with Crippen molar-refractivity contribution in [1.82, 2.24) is 10.2 Å². The Bertz CT molecular complexity index is 1150. The molecule has 2 aromatic rings. The zero-order valence-electron chi connectivity index (χ0n) is 23.5. The number of amides is 2. The number of carbonyl (C=O) groups excluding carboxylic acids is 2. The molecule has 0 fully saturated rings. The van der Waals surface area contributed by atoms with E-state index < -0.39 is 27.5 Å². The van der Waals surface area contributed by atoms with E-state index in [-0.39, 0.29) is 17.9 Å². The molecule has 0 bridgehead atoms. The van der Waals surface area contributed by atoms with E-state index in [1.165, 1.54) is 4.90 Å². The molecule has 1 N–H and O–H groups in total. The number of rotatable bonds is 10. The van der Waals surface area contributed by atoms with Crippen molar-refractivity contribution in [3.63, 3.8) is 0 Å². The highest BCUT2D eigenvalue weighted by Gasteiger charge is 2.32. The number of sulfonamides is 1. The van der Waals surface area contributed by atoms with Gasteiger partial charge in [0.1, 0.15) is 12.6 Å². The molecule has 0 spiro atoms. The van der Waals surface area contributed by atoms with Gasteiger partial charge in [-0.25, -0.2) is 8.42 Å². The number of nitrogens with one attached hydrogen (secondary N) is 1. The zero-order chi connectivity index (χ0) is 28.0. The van der Waals surface area contributed by atoms with Gasteiger partial charge in [-0.1, -0.05) is 70.2 Å². The van der Waals surface area contributed by atoms with E-state index in [0.717, 1.165) is 21.7 Å². The standard InChI is InChI=1S/C29H43N3O4S/c1-9-25(27(34)30-29(5,6)7)31(20-19-22-13-11-10-12-14-22)26(33)21-32(37(8,35)36)24-17-15-23(16-18-24)28(2,3)4/h10-18,25H,9,19-21H2,1-8H3,(H,30,34)/t25-/m1/s1. The average molecular weight is 530 g/mol. The molecule has 0 heterocycles. The number of hydrogen-bond donors (Lipinski definition) is 1. The molecule has 1 atom stereocenters. The van der Waals surface area contributed by atoms with E-state index in [1.807, 2.05) is 70.2 Å². The van der Waals surface area contributed by atoms with Crippen molar-refractivity contribution in [2.45, 2.75) is 78.3 Å². The normalized spacial score (nSPS) is 13.1. The summed E-state index contributed by atoms with van der Waals surface area (Å²) in [6.45, 7) is 13.7. The smallest absolute Gasteiger partial charge is 0.244 e. The molecule has 2 aromatic carbocycles. The highest BCUT2D eigenvalue weighted by atomic mass is 32.2. The van der Waals surface area contributed by atoms with Crippen LogP contribution in [0, 0.1) is 0 Å². The van der Waals surface area contributed by atoms with E-state index in [2.05, 4.69) is 26.1 Å². The fourth-order valence-corrected chi connectivity index (χ4v) is 4.94. The second-order valence-corrected chi connectivity index (χ2v) is 13.5. The van der Waals surface area contributed by atoms with Gasteiger partial charge in [-0.05, 0) is 62.3 Å². The molecular weight excluding hydrogens is 486 g/mol. The highest BCUT2D eigenvalue weighted by molar-refractivity contribution is 7.92. The summed E-state index contributed by atoms with van der Waals surface area (Å²) in [4.78, 5) is 28.4. The molecule has 0 saturated carbocycles. The second kappa shape index (κ2) is 12.1. The molecule has 37 heavy (non-hydrogen) atoms. The third-order valence-electron chi connectivity index (χ3n) is 6.07. The molecule has 8 heteroatoms. The topological polar surface area (TPSA) is 86.8 Å². The molecule has 0 saturated heterocycles. The predicted molar refractivity (Wildman–Crippen MR) is 151 cm³/mol. The van der Waals surface area contributed by atoms with Crippen LogP contribution in [0.15, 0.2) is 54.6 Å². The van der Waals surface area contributed by atoms with Crippen molar-refractivity contribution in [3.8, 4) is 0 Å². The third-order valence-corrected chi connectivity index (χ3v) is 7.21. The fourth-order valence-electron chi connectivity index (χ4n) is 4.09. The summed E-state index contributed by atoms with van der Waals surface area (Å²) in [5.41, 5.74) is 1.95. The van der Waals surface area contributed by atoms with Crippen LogP contribution in [0.25, 0.3) is 0 Å². The van der Waals surface area contributed by atoms with Crippen LogP contribution in [0.4, 0.5) is 5.69 Å². The molecule has 204 valence electrons. The quantitative estimate of drug-likeness (QED) is 0.491. The van der Waals surface area contributed by atoms with Gasteiger partial charge >= 0.3 is 0 Å². The molecule has 7 nitrogen and oxygen atoms in total. The lowest BCUT2D eigenvalue weighted by molar-refractivity contribution is -0.140. The van der Waals surface area contributed by atoms with E-state index >= 15 is 0 Å². The molecule has 0 aliphatic rings. The summed E-state index contributed by atoms with van der Waals surface area (Å²) < 4.78 is 26.7. The Hall–Kier alpha value is -2.87. The van der Waals surface area contributed by atoms with Gasteiger partial charge in [-0.2, -0.15) is 0 Å². The molecule has 2 amide bonds. The summed E-state index contributed by atoms with van der Waals surface area (Å²) in [5.74, 6) is -0.672. The average Bonchev–Trinajstić information content (AvgIpc) is 2.78. The summed E-state index contributed by atoms with van der Waals surface area (Å²) in [7, 11) is -3.76. The summed E-state index contributed by atoms with van der Waals surface area (Å²) in [5, 5.41) is 2.97. The molecule has 0 aliphatic heterocycles. The first-order chi connectivity index (χ1) is 17.0. The highest BCUT2D eigenvalue weighted by Crippen LogP contribution is 2.26. The van der Waals surface area contributed by atoms with Crippen LogP contribution in [0.3, 0.4) is 0 Å². The molecule has 2 rings (SSSR count). The van der Waals surface area contributed by atoms with E-state index in [0.29, 0.717) is 25.1 Å². The van der Waals surface area contributed by atoms with Crippen LogP contribution in [-0.2, 0) is 31.4 Å². The van der Waals surface area contributed by atoms with Gasteiger partial charge < -0.3 is 10.2 Å². The number of carbonyl (C=O) groups is 2. The Labute approximate surface area is 223 Å². The minimum Gasteiger partial charge on any atom is -0.350 e. The lowest BCUT2D eigenvalue weighted by atomic mass is 9.87. The van der Waals surface area contributed by atoms with Crippen molar-refractivity contribution in [2.24, 2.45) is 0 Å². The van der Waals surface area contributed by atoms with Crippen molar-refractivity contribution in [2.75, 3.05) is 23.7 Å². The fraction of sp³-hybridized carbons (Fsp3) is 0.517. The van der Waals surface area contributed by atoms with Gasteiger partial charge in [0.2, 0.25) is 21.8 Å². The maximum absolute atomic E-state index is 13.7. The summed E-state index contributed by atoms with van der Waals surface area (Å²) in [6.07, 6.45) is 2.04. The SMILES string of the molecule is CC[C@H](C(=O)NC(C)(C)C)N(CCc1ccccc1)C(=O)CN(c1ccc(C(C)(C)C)cc1)S(C)(=O)=O. The number of nitrogens with zero attached hydrogens (tertiary/aromatic N) is 2. The van der Waals surface area contributed by atoms with Gasteiger partial charge in [0.15, 0.2) is 0 Å². The zero-order valence-corrected chi connectivity index (χ0v) is 24.4. The Balaban J connectivity index is 2.40. The predicted octanol–water partition coefficient (Wildman–Crippen LogP) is 4.51. The largest absolute Gasteiger partial charge is 0.350 e. The van der Waals surface area contributed by atoms with Crippen LogP contribution in [0.5, 0.6) is 0 Å². The first-order valence-corrected chi connectivity index (χ1v) is 14.6. The van der Waals surface area contributed by atoms with E-state index in [1.54, 1.807) is 12.1 Å². The number of benzene rings is 2. The summed E-state index contributed by atoms with van der Waals surface area (Å²) >= 11 is 0. The molecule has 0 aliphatic carbocycles. The molecule has 0 aromatic heterocycles. The minimum absolute atomic E-state index is 0.0900. The van der Waals surface area contributed by atoms with Crippen LogP contribution in [0.2, 0.25) is 0 Å². The first-order valence-electron chi connectivity index (χ1n) is 12.8. The summed E-state index contributed by atoms with van der Waals surface area (Å²) in [6, 6.07) is 16.2. The van der Waals surface area contributed by atoms with Gasteiger partial charge in [0.05, 0.1) is 11.9 Å². The van der Waals surface area contributed by atoms with Crippen molar-refractivity contribution < 1.29 is 18.0 Å². The van der Waals surface area contributed by atoms with Gasteiger partial charge in [-0.15, -0.1) is 0 Å². The Morgan fingerprint density at radius 3 is 1.95 bits per heavy atom. The van der Waals surface area contributed by atoms with Crippen LogP contribution in [0.1, 0.15) is 66.0 Å². The maximum Gasteiger partial charge on any atom is 0.244 e. The minimum atomic E-state index is -3.76. The Morgan fingerprint density at radius 1 is 0.919 bits per heavy atom. The van der Waals surface area contributed by atoms with Crippen LogP contribution in [-0.4, -0.2) is 56.1 Å². The lowest BCUT2D eigenvalue weighted by Crippen LogP contribution is -2.56. The molecule has 0 unspecified atom stereocenters. The Morgan fingerprint density at radius 2 is 1.49 bits per heavy atom. The molecular formula is C29H43N3O4S. The number of hydrogen-bond acceptors (Lipinski definition) is 4. The Kier molecular flexibility index (Phi) is 9.94. The third kappa shape index (κ3) is 9.18. The van der Waals surface area contributed by atoms with Crippen molar-refractivity contribution >= 4 is 27.5 Å². The molecule has 0 radical (unpaired) electrons. The van der Waals surface area contributed by atoms with E-state index in [9.17, 15) is 18.0 Å². The van der Waals surface area contributed by atoms with E-state index in [4.69, 9.17) is 0 Å². The van der Waals surface area contributed by atoms with Crippen LogP contribution < -0.4 is 9.62 Å². The monoisotopic (exact) mass is 529 g/mol. The van der Waals surface area contributed by atoms with Gasteiger partial charge in [0, 0.05) is 12.1 Å². The lowest BCUT2D eigenvalue weighted by Gasteiger charge is -2.34. The van der Waals surface area contributed by atoms with Crippen LogP contribution >= 0.6 is 0 Å². The maximum atomic E-state index is 13.7. The van der Waals surface area contributed by atoms with Crippen molar-refractivity contribution in [3.05, 3.63) is 65.7 Å². The van der Waals surface area contributed by atoms with Crippen molar-refractivity contribution in [1.29, 1.82) is 0 Å². The second-order valence-electron chi connectivity index (χ2n) is 11.6.